The van der Waals surface area contributed by atoms with E-state index in [1.807, 2.05) is 24.3 Å². The van der Waals surface area contributed by atoms with Crippen LogP contribution >= 0.6 is 11.6 Å². The van der Waals surface area contributed by atoms with Crippen molar-refractivity contribution in [2.75, 3.05) is 19.7 Å². The van der Waals surface area contributed by atoms with E-state index in [4.69, 9.17) is 16.3 Å². The normalized spacial score (nSPS) is 25.3. The van der Waals surface area contributed by atoms with E-state index >= 15 is 0 Å². The molecule has 0 spiro atoms. The van der Waals surface area contributed by atoms with Crippen molar-refractivity contribution in [3.05, 3.63) is 34.9 Å². The van der Waals surface area contributed by atoms with Crippen molar-refractivity contribution < 1.29 is 14.3 Å². The predicted molar refractivity (Wildman–Crippen MR) is 91.7 cm³/mol. The van der Waals surface area contributed by atoms with Crippen LogP contribution in [0.4, 0.5) is 0 Å². The van der Waals surface area contributed by atoms with Gasteiger partial charge in [0, 0.05) is 24.7 Å². The zero-order valence-corrected chi connectivity index (χ0v) is 14.3. The Morgan fingerprint density at radius 1 is 1.21 bits per heavy atom. The summed E-state index contributed by atoms with van der Waals surface area (Å²) < 4.78 is 5.48. The number of hydrogen-bond acceptors (Lipinski definition) is 3. The first-order valence-electron chi connectivity index (χ1n) is 8.55. The second kappa shape index (κ2) is 7.99. The number of carbonyl (C=O) groups excluding carboxylic acids is 2. The van der Waals surface area contributed by atoms with Gasteiger partial charge in [-0.2, -0.15) is 0 Å². The number of rotatable bonds is 7. The molecule has 1 saturated carbocycles. The second-order valence-electron chi connectivity index (χ2n) is 6.50. The third kappa shape index (κ3) is 4.71. The van der Waals surface area contributed by atoms with E-state index in [1.54, 1.807) is 0 Å². The number of nitrogens with one attached hydrogen (secondary N) is 2. The van der Waals surface area contributed by atoms with Gasteiger partial charge in [0.05, 0.1) is 17.9 Å². The zero-order valence-electron chi connectivity index (χ0n) is 13.6. The van der Waals surface area contributed by atoms with Crippen LogP contribution in [0.1, 0.15) is 24.8 Å². The number of ether oxygens (including phenoxy) is 1. The van der Waals surface area contributed by atoms with Crippen molar-refractivity contribution in [1.82, 2.24) is 10.6 Å². The maximum Gasteiger partial charge on any atom is 0.224 e. The lowest BCUT2D eigenvalue weighted by Crippen LogP contribution is -2.35. The van der Waals surface area contributed by atoms with Crippen molar-refractivity contribution in [3.63, 3.8) is 0 Å². The molecule has 6 heteroatoms. The lowest BCUT2D eigenvalue weighted by molar-refractivity contribution is -0.127. The molecule has 2 amide bonds. The lowest BCUT2D eigenvalue weighted by Gasteiger charge is -2.10. The van der Waals surface area contributed by atoms with Gasteiger partial charge < -0.3 is 15.4 Å². The topological polar surface area (TPSA) is 67.4 Å². The molecule has 2 aliphatic rings. The minimum atomic E-state index is -0.186. The second-order valence-corrected chi connectivity index (χ2v) is 6.94. The molecule has 1 aliphatic carbocycles. The first kappa shape index (κ1) is 17.2. The van der Waals surface area contributed by atoms with Gasteiger partial charge in [0.25, 0.3) is 0 Å². The molecular weight excluding hydrogens is 328 g/mol. The van der Waals surface area contributed by atoms with Crippen LogP contribution in [0, 0.1) is 11.8 Å². The molecule has 2 N–H and O–H groups in total. The Bertz CT molecular complexity index is 602. The standard InChI is InChI=1S/C18H23ClN2O3/c19-13-4-1-3-12(9-13)6-7-20-17(22)15-10-16(15)18(23)21-11-14-5-2-8-24-14/h1,3-4,9,14-16H,2,5-8,10-11H2,(H,20,22)(H,21,23). The maximum absolute atomic E-state index is 12.1. The molecule has 1 saturated heterocycles. The third-order valence-corrected chi connectivity index (χ3v) is 4.83. The van der Waals surface area contributed by atoms with Gasteiger partial charge in [-0.05, 0) is 43.4 Å². The van der Waals surface area contributed by atoms with E-state index in [-0.39, 0.29) is 29.8 Å². The fourth-order valence-corrected chi connectivity index (χ4v) is 3.29. The molecule has 1 aromatic carbocycles. The third-order valence-electron chi connectivity index (χ3n) is 4.59. The molecule has 0 bridgehead atoms. The summed E-state index contributed by atoms with van der Waals surface area (Å²) in [5, 5.41) is 6.51. The number of hydrogen-bond donors (Lipinski definition) is 2. The Kier molecular flexibility index (Phi) is 5.74. The summed E-state index contributed by atoms with van der Waals surface area (Å²) in [4.78, 5) is 24.1. The number of benzene rings is 1. The van der Waals surface area contributed by atoms with Crippen LogP contribution in [0.15, 0.2) is 24.3 Å². The van der Waals surface area contributed by atoms with Gasteiger partial charge in [-0.1, -0.05) is 23.7 Å². The number of carbonyl (C=O) groups is 2. The molecule has 0 aromatic heterocycles. The van der Waals surface area contributed by atoms with Gasteiger partial charge >= 0.3 is 0 Å². The van der Waals surface area contributed by atoms with Crippen LogP contribution in [-0.4, -0.2) is 37.6 Å². The Hall–Kier alpha value is -1.59. The van der Waals surface area contributed by atoms with Gasteiger partial charge in [-0.3, -0.25) is 9.59 Å². The molecule has 0 radical (unpaired) electrons. The minimum Gasteiger partial charge on any atom is -0.376 e. The Balaban J connectivity index is 1.34. The largest absolute Gasteiger partial charge is 0.376 e. The Labute approximate surface area is 147 Å². The average molecular weight is 351 g/mol. The molecular formula is C18H23ClN2O3. The summed E-state index contributed by atoms with van der Waals surface area (Å²) in [5.41, 5.74) is 1.09. The first-order valence-corrected chi connectivity index (χ1v) is 8.93. The summed E-state index contributed by atoms with van der Waals surface area (Å²) in [6, 6.07) is 7.60. The lowest BCUT2D eigenvalue weighted by atomic mass is 10.1. The van der Waals surface area contributed by atoms with Crippen LogP contribution in [0.3, 0.4) is 0 Å². The average Bonchev–Trinajstić information content (AvgIpc) is 3.20. The quantitative estimate of drug-likeness (QED) is 0.789. The summed E-state index contributed by atoms with van der Waals surface area (Å²) in [6.07, 6.45) is 3.56. The SMILES string of the molecule is O=C(NCCc1cccc(Cl)c1)C1CC1C(=O)NCC1CCCO1. The van der Waals surface area contributed by atoms with Crippen LogP contribution in [0.25, 0.3) is 0 Å². The summed E-state index contributed by atoms with van der Waals surface area (Å²) in [7, 11) is 0. The zero-order chi connectivity index (χ0) is 16.9. The van der Waals surface area contributed by atoms with Crippen molar-refractivity contribution in [2.24, 2.45) is 11.8 Å². The van der Waals surface area contributed by atoms with E-state index in [1.165, 1.54) is 0 Å². The van der Waals surface area contributed by atoms with Gasteiger partial charge in [0.2, 0.25) is 11.8 Å². The fourth-order valence-electron chi connectivity index (χ4n) is 3.08. The van der Waals surface area contributed by atoms with Crippen molar-refractivity contribution >= 4 is 23.4 Å². The molecule has 130 valence electrons. The van der Waals surface area contributed by atoms with E-state index < -0.39 is 0 Å². The van der Waals surface area contributed by atoms with Crippen molar-refractivity contribution in [3.8, 4) is 0 Å². The summed E-state index contributed by atoms with van der Waals surface area (Å²) in [6.45, 7) is 1.89. The van der Waals surface area contributed by atoms with Crippen LogP contribution in [0.5, 0.6) is 0 Å². The van der Waals surface area contributed by atoms with E-state index in [0.717, 1.165) is 31.4 Å². The van der Waals surface area contributed by atoms with Crippen molar-refractivity contribution in [1.29, 1.82) is 0 Å². The molecule has 5 nitrogen and oxygen atoms in total. The van der Waals surface area contributed by atoms with Crippen molar-refractivity contribution in [2.45, 2.75) is 31.8 Å². The summed E-state index contributed by atoms with van der Waals surface area (Å²) in [5.74, 6) is -0.429. The predicted octanol–water partition coefficient (Wildman–Crippen LogP) is 1.93. The Morgan fingerprint density at radius 2 is 2.00 bits per heavy atom. The van der Waals surface area contributed by atoms with Gasteiger partial charge in [0.1, 0.15) is 0 Å². The molecule has 24 heavy (non-hydrogen) atoms. The smallest absolute Gasteiger partial charge is 0.224 e. The number of amides is 2. The molecule has 2 fully saturated rings. The highest BCUT2D eigenvalue weighted by Crippen LogP contribution is 2.38. The first-order chi connectivity index (χ1) is 11.6. The maximum atomic E-state index is 12.1. The molecule has 3 rings (SSSR count). The fraction of sp³-hybridized carbons (Fsp3) is 0.556. The molecule has 3 unspecified atom stereocenters. The van der Waals surface area contributed by atoms with Crippen LogP contribution in [-0.2, 0) is 20.7 Å². The van der Waals surface area contributed by atoms with Crippen LogP contribution < -0.4 is 10.6 Å². The van der Waals surface area contributed by atoms with E-state index in [9.17, 15) is 9.59 Å². The number of halogens is 1. The van der Waals surface area contributed by atoms with E-state index in [2.05, 4.69) is 10.6 Å². The Morgan fingerprint density at radius 3 is 2.71 bits per heavy atom. The minimum absolute atomic E-state index is 0.0273. The van der Waals surface area contributed by atoms with Gasteiger partial charge in [-0.25, -0.2) is 0 Å². The molecule has 1 aromatic rings. The van der Waals surface area contributed by atoms with Gasteiger partial charge in [0.15, 0.2) is 0 Å². The van der Waals surface area contributed by atoms with Gasteiger partial charge in [-0.15, -0.1) is 0 Å². The molecule has 3 atom stereocenters. The van der Waals surface area contributed by atoms with Crippen LogP contribution in [0.2, 0.25) is 5.02 Å². The monoisotopic (exact) mass is 350 g/mol. The van der Waals surface area contributed by atoms with E-state index in [0.29, 0.717) is 24.5 Å². The highest BCUT2D eigenvalue weighted by molar-refractivity contribution is 6.30. The summed E-state index contributed by atoms with van der Waals surface area (Å²) >= 11 is 5.94. The highest BCUT2D eigenvalue weighted by Gasteiger charge is 2.47. The molecule has 1 aliphatic heterocycles. The highest BCUT2D eigenvalue weighted by atomic mass is 35.5. The molecule has 1 heterocycles.